The summed E-state index contributed by atoms with van der Waals surface area (Å²) in [6.45, 7) is 3.13. The topological polar surface area (TPSA) is 17.8 Å². The fraction of sp³-hybridized carbons (Fsp3) is 0.700. The molecule has 0 aromatic carbocycles. The zero-order chi connectivity index (χ0) is 9.26. The minimum absolute atomic E-state index is 0.662. The fourth-order valence-electron chi connectivity index (χ4n) is 2.17. The zero-order valence-corrected chi connectivity index (χ0v) is 9.50. The monoisotopic (exact) mass is 242 g/mol. The molecule has 0 N–H and O–H groups in total. The highest BCUT2D eigenvalue weighted by Gasteiger charge is 2.28. The van der Waals surface area contributed by atoms with Crippen LogP contribution in [0.15, 0.2) is 12.3 Å². The van der Waals surface area contributed by atoms with Crippen LogP contribution in [0.5, 0.6) is 0 Å². The normalized spacial score (nSPS) is 28.2. The SMILES string of the molecule is CCn1nccc1C1CCCC1Br. The van der Waals surface area contributed by atoms with Gasteiger partial charge < -0.3 is 0 Å². The summed E-state index contributed by atoms with van der Waals surface area (Å²) < 4.78 is 2.12. The van der Waals surface area contributed by atoms with Gasteiger partial charge in [0.25, 0.3) is 0 Å². The van der Waals surface area contributed by atoms with Gasteiger partial charge in [0.2, 0.25) is 0 Å². The molecule has 2 nitrogen and oxygen atoms in total. The van der Waals surface area contributed by atoms with E-state index >= 15 is 0 Å². The van der Waals surface area contributed by atoms with Gasteiger partial charge in [-0.15, -0.1) is 0 Å². The molecule has 2 atom stereocenters. The molecule has 1 aliphatic rings. The first-order valence-corrected chi connectivity index (χ1v) is 5.90. The smallest absolute Gasteiger partial charge is 0.0492 e. The van der Waals surface area contributed by atoms with Crippen molar-refractivity contribution in [1.29, 1.82) is 0 Å². The molecule has 2 unspecified atom stereocenters. The molecule has 13 heavy (non-hydrogen) atoms. The summed E-state index contributed by atoms with van der Waals surface area (Å²) in [5.74, 6) is 0.683. The molecule has 0 bridgehead atoms. The lowest BCUT2D eigenvalue weighted by Crippen LogP contribution is -2.11. The number of rotatable bonds is 2. The maximum Gasteiger partial charge on any atom is 0.0492 e. The van der Waals surface area contributed by atoms with Crippen LogP contribution < -0.4 is 0 Å². The van der Waals surface area contributed by atoms with E-state index in [1.54, 1.807) is 0 Å². The zero-order valence-electron chi connectivity index (χ0n) is 7.91. The van der Waals surface area contributed by atoms with E-state index in [0.717, 1.165) is 6.54 Å². The Labute approximate surface area is 87.5 Å². The summed E-state index contributed by atoms with van der Waals surface area (Å²) in [4.78, 5) is 0.662. The Balaban J connectivity index is 2.23. The Hall–Kier alpha value is -0.310. The van der Waals surface area contributed by atoms with E-state index in [1.165, 1.54) is 25.0 Å². The average Bonchev–Trinajstić information content (AvgIpc) is 2.71. The molecule has 0 amide bonds. The summed E-state index contributed by atoms with van der Waals surface area (Å²) >= 11 is 3.75. The van der Waals surface area contributed by atoms with Crippen LogP contribution in [0.1, 0.15) is 37.8 Å². The molecule has 2 rings (SSSR count). The predicted octanol–water partition coefficient (Wildman–Crippen LogP) is 2.93. The van der Waals surface area contributed by atoms with Crippen molar-refractivity contribution >= 4 is 15.9 Å². The van der Waals surface area contributed by atoms with Crippen molar-refractivity contribution < 1.29 is 0 Å². The maximum atomic E-state index is 4.31. The summed E-state index contributed by atoms with van der Waals surface area (Å²) in [5.41, 5.74) is 1.40. The quantitative estimate of drug-likeness (QED) is 0.730. The van der Waals surface area contributed by atoms with Crippen LogP contribution in [-0.4, -0.2) is 14.6 Å². The Morgan fingerprint density at radius 2 is 2.46 bits per heavy atom. The van der Waals surface area contributed by atoms with Crippen molar-refractivity contribution in [3.05, 3.63) is 18.0 Å². The van der Waals surface area contributed by atoms with E-state index in [1.807, 2.05) is 6.20 Å². The van der Waals surface area contributed by atoms with Gasteiger partial charge in [-0.3, -0.25) is 4.68 Å². The van der Waals surface area contributed by atoms with Gasteiger partial charge in [0.05, 0.1) is 0 Å². The fourth-order valence-corrected chi connectivity index (χ4v) is 3.03. The second-order valence-corrected chi connectivity index (χ2v) is 4.80. The first-order chi connectivity index (χ1) is 6.33. The average molecular weight is 243 g/mol. The van der Waals surface area contributed by atoms with E-state index in [0.29, 0.717) is 10.7 Å². The second kappa shape index (κ2) is 3.82. The third kappa shape index (κ3) is 1.66. The molecule has 1 aromatic heterocycles. The van der Waals surface area contributed by atoms with Crippen molar-refractivity contribution in [3.63, 3.8) is 0 Å². The Bertz CT molecular complexity index is 282. The van der Waals surface area contributed by atoms with Gasteiger partial charge >= 0.3 is 0 Å². The van der Waals surface area contributed by atoms with Gasteiger partial charge in [-0.1, -0.05) is 22.4 Å². The van der Waals surface area contributed by atoms with Gasteiger partial charge in [0.1, 0.15) is 0 Å². The van der Waals surface area contributed by atoms with Crippen molar-refractivity contribution in [2.75, 3.05) is 0 Å². The van der Waals surface area contributed by atoms with Crippen molar-refractivity contribution in [2.24, 2.45) is 0 Å². The summed E-state index contributed by atoms with van der Waals surface area (Å²) in [7, 11) is 0. The van der Waals surface area contributed by atoms with E-state index in [4.69, 9.17) is 0 Å². The van der Waals surface area contributed by atoms with Gasteiger partial charge in [-0.05, 0) is 25.8 Å². The van der Waals surface area contributed by atoms with Crippen LogP contribution >= 0.6 is 15.9 Å². The number of hydrogen-bond donors (Lipinski definition) is 0. The molecule has 1 aliphatic carbocycles. The van der Waals surface area contributed by atoms with Crippen molar-refractivity contribution in [1.82, 2.24) is 9.78 Å². The number of aryl methyl sites for hydroxylation is 1. The molecule has 3 heteroatoms. The first-order valence-electron chi connectivity index (χ1n) is 4.98. The van der Waals surface area contributed by atoms with Crippen molar-refractivity contribution in [2.45, 2.75) is 43.5 Å². The summed E-state index contributed by atoms with van der Waals surface area (Å²) in [5, 5.41) is 4.31. The molecule has 1 heterocycles. The molecule has 1 saturated carbocycles. The van der Waals surface area contributed by atoms with E-state index in [2.05, 4.69) is 38.7 Å². The molecule has 0 spiro atoms. The number of hydrogen-bond acceptors (Lipinski definition) is 1. The van der Waals surface area contributed by atoms with Crippen LogP contribution in [0.3, 0.4) is 0 Å². The highest BCUT2D eigenvalue weighted by Crippen LogP contribution is 2.38. The van der Waals surface area contributed by atoms with Crippen LogP contribution in [-0.2, 0) is 6.54 Å². The molecule has 1 fully saturated rings. The Morgan fingerprint density at radius 3 is 3.08 bits per heavy atom. The third-order valence-electron chi connectivity index (χ3n) is 2.86. The third-order valence-corrected chi connectivity index (χ3v) is 3.96. The minimum Gasteiger partial charge on any atom is -0.270 e. The number of aromatic nitrogens is 2. The summed E-state index contributed by atoms with van der Waals surface area (Å²) in [6, 6.07) is 2.16. The first kappa shape index (κ1) is 9.25. The van der Waals surface area contributed by atoms with E-state index in [9.17, 15) is 0 Å². The summed E-state index contributed by atoms with van der Waals surface area (Å²) in [6.07, 6.45) is 5.87. The largest absolute Gasteiger partial charge is 0.270 e. The van der Waals surface area contributed by atoms with Gasteiger partial charge in [-0.2, -0.15) is 5.10 Å². The lowest BCUT2D eigenvalue weighted by atomic mass is 10.0. The number of halogens is 1. The van der Waals surface area contributed by atoms with Gasteiger partial charge in [0, 0.05) is 29.2 Å². The van der Waals surface area contributed by atoms with Crippen LogP contribution in [0.25, 0.3) is 0 Å². The molecular weight excluding hydrogens is 228 g/mol. The lowest BCUT2D eigenvalue weighted by molar-refractivity contribution is 0.575. The Morgan fingerprint density at radius 1 is 1.62 bits per heavy atom. The molecule has 1 aromatic rings. The van der Waals surface area contributed by atoms with Gasteiger partial charge in [-0.25, -0.2) is 0 Å². The molecule has 72 valence electrons. The molecule has 0 aliphatic heterocycles. The standard InChI is InChI=1S/C10H15BrN2/c1-2-13-10(6-7-12-13)8-4-3-5-9(8)11/h6-9H,2-5H2,1H3. The highest BCUT2D eigenvalue weighted by atomic mass is 79.9. The van der Waals surface area contributed by atoms with Crippen LogP contribution in [0.2, 0.25) is 0 Å². The van der Waals surface area contributed by atoms with Crippen molar-refractivity contribution in [3.8, 4) is 0 Å². The lowest BCUT2D eigenvalue weighted by Gasteiger charge is -2.15. The van der Waals surface area contributed by atoms with E-state index in [-0.39, 0.29) is 0 Å². The highest BCUT2D eigenvalue weighted by molar-refractivity contribution is 9.09. The van der Waals surface area contributed by atoms with Gasteiger partial charge in [0.15, 0.2) is 0 Å². The molecule has 0 radical (unpaired) electrons. The van der Waals surface area contributed by atoms with E-state index < -0.39 is 0 Å². The van der Waals surface area contributed by atoms with Crippen LogP contribution in [0.4, 0.5) is 0 Å². The Kier molecular flexibility index (Phi) is 2.72. The second-order valence-electron chi connectivity index (χ2n) is 3.63. The molecule has 0 saturated heterocycles. The maximum absolute atomic E-state index is 4.31. The van der Waals surface area contributed by atoms with Crippen LogP contribution in [0, 0.1) is 0 Å². The number of nitrogens with zero attached hydrogens (tertiary/aromatic N) is 2. The number of alkyl halides is 1. The minimum atomic E-state index is 0.662. The predicted molar refractivity (Wildman–Crippen MR) is 57.2 cm³/mol. The molecular formula is C10H15BrN2.